The number of rotatable bonds is 6. The Balaban J connectivity index is 0.00000400. The van der Waals surface area contributed by atoms with Crippen molar-refractivity contribution in [2.45, 2.75) is 18.7 Å². The maximum Gasteiger partial charge on any atom is 0.240 e. The molecule has 1 rings (SSSR count). The first-order valence-corrected chi connectivity index (χ1v) is 8.27. The molecule has 0 fully saturated rings. The number of nitrogens with one attached hydrogen (secondary N) is 3. The monoisotopic (exact) mass is 399 g/mol. The third-order valence-corrected chi connectivity index (χ3v) is 4.79. The number of sulfonamides is 1. The van der Waals surface area contributed by atoms with Gasteiger partial charge in [0.1, 0.15) is 0 Å². The van der Waals surface area contributed by atoms with Crippen molar-refractivity contribution < 1.29 is 13.2 Å². The summed E-state index contributed by atoms with van der Waals surface area (Å²) in [6.45, 7) is 3.93. The van der Waals surface area contributed by atoms with Gasteiger partial charge in [-0.1, -0.05) is 0 Å². The molecule has 6 nitrogen and oxygen atoms in total. The van der Waals surface area contributed by atoms with Crippen LogP contribution < -0.4 is 15.4 Å². The van der Waals surface area contributed by atoms with E-state index in [9.17, 15) is 13.2 Å². The summed E-state index contributed by atoms with van der Waals surface area (Å²) in [5.41, 5.74) is 1.11. The Morgan fingerprint density at radius 2 is 1.90 bits per heavy atom. The van der Waals surface area contributed by atoms with E-state index in [0.29, 0.717) is 28.8 Å². The van der Waals surface area contributed by atoms with Crippen molar-refractivity contribution in [3.8, 4) is 0 Å². The molecule has 0 unspecified atom stereocenters. The second-order valence-electron chi connectivity index (χ2n) is 4.28. The highest BCUT2D eigenvalue weighted by Crippen LogP contribution is 2.28. The lowest BCUT2D eigenvalue weighted by Gasteiger charge is -2.13. The smallest absolute Gasteiger partial charge is 0.240 e. The summed E-state index contributed by atoms with van der Waals surface area (Å²) in [7, 11) is -1.82. The molecule has 0 atom stereocenters. The number of carbonyl (C=O) groups excluding carboxylic acids is 1. The molecule has 9 heteroatoms. The van der Waals surface area contributed by atoms with Gasteiger partial charge in [-0.25, -0.2) is 13.1 Å². The highest BCUT2D eigenvalue weighted by atomic mass is 79.9. The van der Waals surface area contributed by atoms with Crippen molar-refractivity contribution in [3.63, 3.8) is 0 Å². The number of hydrogen-bond donors (Lipinski definition) is 3. The van der Waals surface area contributed by atoms with Crippen molar-refractivity contribution in [1.82, 2.24) is 10.0 Å². The van der Waals surface area contributed by atoms with E-state index in [2.05, 4.69) is 31.3 Å². The molecule has 120 valence electrons. The first-order chi connectivity index (χ1) is 9.27. The maximum absolute atomic E-state index is 12.2. The molecule has 0 radical (unpaired) electrons. The molecular formula is C12H19BrClN3O3S. The zero-order chi connectivity index (χ0) is 15.3. The average Bonchev–Trinajstić information content (AvgIpc) is 2.32. The first kappa shape index (κ1) is 20.3. The average molecular weight is 401 g/mol. The predicted octanol–water partition coefficient (Wildman–Crippen LogP) is 1.64. The maximum atomic E-state index is 12.2. The lowest BCUT2D eigenvalue weighted by Crippen LogP contribution is -2.31. The molecule has 0 saturated carbocycles. The van der Waals surface area contributed by atoms with E-state index < -0.39 is 10.0 Å². The summed E-state index contributed by atoms with van der Waals surface area (Å²) in [6, 6.07) is 3.11. The van der Waals surface area contributed by atoms with Crippen molar-refractivity contribution >= 4 is 50.0 Å². The molecule has 21 heavy (non-hydrogen) atoms. The fraction of sp³-hybridized carbons (Fsp3) is 0.417. The number of carbonyl (C=O) groups is 1. The Morgan fingerprint density at radius 1 is 1.29 bits per heavy atom. The van der Waals surface area contributed by atoms with Gasteiger partial charge in [0.2, 0.25) is 15.9 Å². The standard InChI is InChI=1S/C12H18BrN3O3S.ClH/c1-8-6-11(16-9(2)17)10(13)7-12(8)20(18,19)15-5-4-14-3;/h6-7,14-15H,4-5H2,1-3H3,(H,16,17);1H. The van der Waals surface area contributed by atoms with Gasteiger partial charge in [-0.15, -0.1) is 12.4 Å². The first-order valence-electron chi connectivity index (χ1n) is 6.00. The number of aryl methyl sites for hydroxylation is 1. The SMILES string of the molecule is CNCCNS(=O)(=O)c1cc(Br)c(NC(C)=O)cc1C.Cl. The molecule has 0 saturated heterocycles. The molecule has 0 aliphatic carbocycles. The summed E-state index contributed by atoms with van der Waals surface area (Å²) >= 11 is 3.26. The molecule has 1 amide bonds. The summed E-state index contributed by atoms with van der Waals surface area (Å²) in [6.07, 6.45) is 0. The molecule has 0 aliphatic heterocycles. The van der Waals surface area contributed by atoms with Gasteiger partial charge >= 0.3 is 0 Å². The van der Waals surface area contributed by atoms with Crippen molar-refractivity contribution in [3.05, 3.63) is 22.2 Å². The minimum atomic E-state index is -3.56. The Kier molecular flexibility index (Phi) is 8.42. The molecule has 0 heterocycles. The molecule has 0 aliphatic rings. The topological polar surface area (TPSA) is 87.3 Å². The van der Waals surface area contributed by atoms with Gasteiger partial charge in [-0.3, -0.25) is 4.79 Å². The van der Waals surface area contributed by atoms with Crippen LogP contribution in [-0.4, -0.2) is 34.5 Å². The van der Waals surface area contributed by atoms with E-state index in [4.69, 9.17) is 0 Å². The van der Waals surface area contributed by atoms with Crippen LogP contribution in [0.15, 0.2) is 21.5 Å². The zero-order valence-corrected chi connectivity index (χ0v) is 15.2. The highest BCUT2D eigenvalue weighted by Gasteiger charge is 2.18. The van der Waals surface area contributed by atoms with Gasteiger partial charge in [-0.05, 0) is 47.6 Å². The van der Waals surface area contributed by atoms with Gasteiger partial charge in [0, 0.05) is 24.5 Å². The van der Waals surface area contributed by atoms with Gasteiger partial charge in [0.15, 0.2) is 0 Å². The number of likely N-dealkylation sites (N-methyl/N-ethyl adjacent to an activating group) is 1. The van der Waals surface area contributed by atoms with E-state index in [1.54, 1.807) is 20.0 Å². The van der Waals surface area contributed by atoms with E-state index >= 15 is 0 Å². The van der Waals surface area contributed by atoms with Crippen LogP contribution >= 0.6 is 28.3 Å². The molecule has 3 N–H and O–H groups in total. The fourth-order valence-corrected chi connectivity index (χ4v) is 3.50. The van der Waals surface area contributed by atoms with Crippen LogP contribution in [0.5, 0.6) is 0 Å². The second-order valence-corrected chi connectivity index (χ2v) is 6.87. The van der Waals surface area contributed by atoms with Gasteiger partial charge in [0.05, 0.1) is 10.6 Å². The number of benzene rings is 1. The van der Waals surface area contributed by atoms with Gasteiger partial charge < -0.3 is 10.6 Å². The minimum absolute atomic E-state index is 0. The minimum Gasteiger partial charge on any atom is -0.325 e. The quantitative estimate of drug-likeness (QED) is 0.634. The number of hydrogen-bond acceptors (Lipinski definition) is 4. The normalized spacial score (nSPS) is 10.9. The summed E-state index contributed by atoms with van der Waals surface area (Å²) < 4.78 is 27.4. The summed E-state index contributed by atoms with van der Waals surface area (Å²) in [5, 5.41) is 5.50. The zero-order valence-electron chi connectivity index (χ0n) is 12.0. The van der Waals surface area contributed by atoms with Crippen LogP contribution in [-0.2, 0) is 14.8 Å². The van der Waals surface area contributed by atoms with Gasteiger partial charge in [0.25, 0.3) is 0 Å². The molecule has 1 aromatic rings. The van der Waals surface area contributed by atoms with Crippen LogP contribution in [0.1, 0.15) is 12.5 Å². The van der Waals surface area contributed by atoms with Crippen LogP contribution in [0.25, 0.3) is 0 Å². The largest absolute Gasteiger partial charge is 0.325 e. The van der Waals surface area contributed by atoms with Gasteiger partial charge in [-0.2, -0.15) is 0 Å². The second kappa shape index (κ2) is 8.70. The molecular weight excluding hydrogens is 382 g/mol. The molecule has 0 spiro atoms. The Hall–Kier alpha value is -0.670. The lowest BCUT2D eigenvalue weighted by atomic mass is 10.2. The van der Waals surface area contributed by atoms with Crippen LogP contribution in [0.4, 0.5) is 5.69 Å². The summed E-state index contributed by atoms with van der Waals surface area (Å²) in [5.74, 6) is -0.215. The van der Waals surface area contributed by atoms with Crippen molar-refractivity contribution in [2.75, 3.05) is 25.5 Å². The Labute approximate surface area is 139 Å². The van der Waals surface area contributed by atoms with E-state index in [-0.39, 0.29) is 23.2 Å². The van der Waals surface area contributed by atoms with E-state index in [1.165, 1.54) is 13.0 Å². The molecule has 0 bridgehead atoms. The van der Waals surface area contributed by atoms with Crippen LogP contribution in [0.3, 0.4) is 0 Å². The predicted molar refractivity (Wildman–Crippen MR) is 89.5 cm³/mol. The van der Waals surface area contributed by atoms with Crippen LogP contribution in [0, 0.1) is 6.92 Å². The molecule has 0 aromatic heterocycles. The Morgan fingerprint density at radius 3 is 2.43 bits per heavy atom. The third kappa shape index (κ3) is 5.91. The fourth-order valence-electron chi connectivity index (χ4n) is 1.63. The lowest BCUT2D eigenvalue weighted by molar-refractivity contribution is -0.114. The number of anilines is 1. The van der Waals surface area contributed by atoms with Crippen molar-refractivity contribution in [1.29, 1.82) is 0 Å². The molecule has 1 aromatic carbocycles. The van der Waals surface area contributed by atoms with E-state index in [1.807, 2.05) is 0 Å². The Bertz CT molecular complexity index is 608. The number of amides is 1. The van der Waals surface area contributed by atoms with E-state index in [0.717, 1.165) is 0 Å². The highest BCUT2D eigenvalue weighted by molar-refractivity contribution is 9.10. The van der Waals surface area contributed by atoms with Crippen molar-refractivity contribution in [2.24, 2.45) is 0 Å². The number of halogens is 2. The third-order valence-electron chi connectivity index (χ3n) is 2.53. The summed E-state index contributed by atoms with van der Waals surface area (Å²) in [4.78, 5) is 11.3. The van der Waals surface area contributed by atoms with Crippen LogP contribution in [0.2, 0.25) is 0 Å².